The van der Waals surface area contributed by atoms with Crippen molar-refractivity contribution >= 4 is 17.7 Å². The van der Waals surface area contributed by atoms with Crippen LogP contribution in [0.25, 0.3) is 0 Å². The molecule has 1 amide bonds. The van der Waals surface area contributed by atoms with Crippen molar-refractivity contribution < 1.29 is 9.53 Å². The van der Waals surface area contributed by atoms with E-state index in [-0.39, 0.29) is 17.0 Å². The number of carbonyl (C=O) groups excluding carboxylic acids is 1. The van der Waals surface area contributed by atoms with Crippen LogP contribution in [0.3, 0.4) is 0 Å². The summed E-state index contributed by atoms with van der Waals surface area (Å²) in [7, 11) is 0. The molecule has 0 saturated carbocycles. The molecule has 1 aromatic rings. The maximum absolute atomic E-state index is 12.2. The van der Waals surface area contributed by atoms with Crippen LogP contribution in [-0.4, -0.2) is 65.5 Å². The largest absolute Gasteiger partial charge is 0.379 e. The predicted molar refractivity (Wildman–Crippen MR) is 88.0 cm³/mol. The van der Waals surface area contributed by atoms with Crippen molar-refractivity contribution in [2.24, 2.45) is 0 Å². The van der Waals surface area contributed by atoms with Crippen LogP contribution in [0.4, 0.5) is 0 Å². The fourth-order valence-electron chi connectivity index (χ4n) is 2.76. The summed E-state index contributed by atoms with van der Waals surface area (Å²) >= 11 is 1.55. The summed E-state index contributed by atoms with van der Waals surface area (Å²) < 4.78 is 6.89. The minimum atomic E-state index is -0.318. The maximum atomic E-state index is 12.2. The first-order valence-electron chi connectivity index (χ1n) is 8.06. The van der Waals surface area contributed by atoms with E-state index >= 15 is 0 Å². The summed E-state index contributed by atoms with van der Waals surface area (Å²) in [4.78, 5) is 30.9. The Labute approximate surface area is 139 Å². The van der Waals surface area contributed by atoms with Gasteiger partial charge in [-0.25, -0.2) is 4.98 Å². The molecule has 0 aromatic carbocycles. The molecule has 126 valence electrons. The molecule has 0 unspecified atom stereocenters. The van der Waals surface area contributed by atoms with Crippen molar-refractivity contribution in [3.05, 3.63) is 22.1 Å². The smallest absolute Gasteiger partial charge is 0.267 e. The summed E-state index contributed by atoms with van der Waals surface area (Å²) in [6.07, 6.45) is 3.33. The number of aromatic nitrogens is 2. The Bertz CT molecular complexity index is 613. The Kier molecular flexibility index (Phi) is 5.69. The lowest BCUT2D eigenvalue weighted by Crippen LogP contribution is -2.37. The van der Waals surface area contributed by atoms with Crippen molar-refractivity contribution in [1.29, 1.82) is 0 Å². The van der Waals surface area contributed by atoms with Crippen molar-refractivity contribution in [2.45, 2.75) is 24.5 Å². The molecule has 1 fully saturated rings. The second-order valence-electron chi connectivity index (χ2n) is 5.68. The molecule has 3 heterocycles. The highest BCUT2D eigenvalue weighted by atomic mass is 32.2. The van der Waals surface area contributed by atoms with Crippen LogP contribution in [0.2, 0.25) is 0 Å². The second-order valence-corrected chi connectivity index (χ2v) is 6.74. The lowest BCUT2D eigenvalue weighted by molar-refractivity contribution is 0.0372. The number of thioether (sulfide) groups is 1. The monoisotopic (exact) mass is 338 g/mol. The molecular formula is C15H22N4O3S. The van der Waals surface area contributed by atoms with Crippen LogP contribution in [0.1, 0.15) is 23.2 Å². The van der Waals surface area contributed by atoms with Gasteiger partial charge in [0.1, 0.15) is 5.56 Å². The summed E-state index contributed by atoms with van der Waals surface area (Å²) in [5, 5.41) is 3.53. The lowest BCUT2D eigenvalue weighted by atomic mass is 10.2. The van der Waals surface area contributed by atoms with Gasteiger partial charge >= 0.3 is 0 Å². The molecule has 0 spiro atoms. The molecule has 0 bridgehead atoms. The molecule has 2 aliphatic heterocycles. The van der Waals surface area contributed by atoms with Crippen molar-refractivity contribution in [3.8, 4) is 0 Å². The first-order valence-corrected chi connectivity index (χ1v) is 9.05. The Hall–Kier alpha value is -1.38. The van der Waals surface area contributed by atoms with E-state index in [1.54, 1.807) is 16.3 Å². The van der Waals surface area contributed by atoms with Gasteiger partial charge in [0, 0.05) is 38.1 Å². The van der Waals surface area contributed by atoms with E-state index in [2.05, 4.69) is 15.2 Å². The number of carbonyl (C=O) groups is 1. The number of rotatable bonds is 6. The van der Waals surface area contributed by atoms with Crippen molar-refractivity contribution in [1.82, 2.24) is 19.8 Å². The summed E-state index contributed by atoms with van der Waals surface area (Å²) in [6.45, 7) is 5.84. The first kappa shape index (κ1) is 16.5. The zero-order valence-electron chi connectivity index (χ0n) is 13.1. The standard InChI is InChI=1S/C15H22N4O3S/c20-13(12-11-17-15-19(14(12)21)7-10-23-15)16-3-1-2-4-18-5-8-22-9-6-18/h11H,1-10H2,(H,16,20). The Morgan fingerprint density at radius 2 is 2.13 bits per heavy atom. The lowest BCUT2D eigenvalue weighted by Gasteiger charge is -2.26. The van der Waals surface area contributed by atoms with Gasteiger partial charge in [0.2, 0.25) is 0 Å². The van der Waals surface area contributed by atoms with Crippen LogP contribution >= 0.6 is 11.8 Å². The number of unbranched alkanes of at least 4 members (excludes halogenated alkanes) is 1. The fraction of sp³-hybridized carbons (Fsp3) is 0.667. The number of fused-ring (bicyclic) bond motifs is 1. The highest BCUT2D eigenvalue weighted by molar-refractivity contribution is 7.99. The van der Waals surface area contributed by atoms with E-state index in [0.717, 1.165) is 51.4 Å². The molecule has 7 nitrogen and oxygen atoms in total. The predicted octanol–water partition coefficient (Wildman–Crippen LogP) is 0.191. The van der Waals surface area contributed by atoms with Crippen LogP contribution in [0.5, 0.6) is 0 Å². The van der Waals surface area contributed by atoms with Gasteiger partial charge in [-0.3, -0.25) is 19.1 Å². The third-order valence-electron chi connectivity index (χ3n) is 4.09. The van der Waals surface area contributed by atoms with Crippen LogP contribution in [-0.2, 0) is 11.3 Å². The quantitative estimate of drug-likeness (QED) is 0.589. The molecular weight excluding hydrogens is 316 g/mol. The SMILES string of the molecule is O=C(NCCCCN1CCOCC1)c1cnc2n(c1=O)CCS2. The highest BCUT2D eigenvalue weighted by Gasteiger charge is 2.19. The zero-order chi connectivity index (χ0) is 16.1. The van der Waals surface area contributed by atoms with Gasteiger partial charge in [-0.1, -0.05) is 11.8 Å². The average Bonchev–Trinajstić information content (AvgIpc) is 3.05. The summed E-state index contributed by atoms with van der Waals surface area (Å²) in [6, 6.07) is 0. The van der Waals surface area contributed by atoms with Crippen LogP contribution in [0, 0.1) is 0 Å². The molecule has 0 atom stereocenters. The molecule has 8 heteroatoms. The third kappa shape index (κ3) is 4.13. The summed E-state index contributed by atoms with van der Waals surface area (Å²) in [5.74, 6) is 0.524. The molecule has 23 heavy (non-hydrogen) atoms. The molecule has 1 N–H and O–H groups in total. The highest BCUT2D eigenvalue weighted by Crippen LogP contribution is 2.20. The number of nitrogens with one attached hydrogen (secondary N) is 1. The van der Waals surface area contributed by atoms with Gasteiger partial charge in [0.25, 0.3) is 11.5 Å². The molecule has 3 rings (SSSR count). The van der Waals surface area contributed by atoms with Crippen molar-refractivity contribution in [2.75, 3.05) is 45.1 Å². The van der Waals surface area contributed by atoms with Gasteiger partial charge in [-0.05, 0) is 19.4 Å². The number of nitrogens with zero attached hydrogens (tertiary/aromatic N) is 3. The Morgan fingerprint density at radius 3 is 2.96 bits per heavy atom. The fourth-order valence-corrected chi connectivity index (χ4v) is 3.67. The van der Waals surface area contributed by atoms with E-state index in [0.29, 0.717) is 18.2 Å². The van der Waals surface area contributed by atoms with Gasteiger partial charge in [-0.2, -0.15) is 0 Å². The third-order valence-corrected chi connectivity index (χ3v) is 5.06. The van der Waals surface area contributed by atoms with E-state index < -0.39 is 0 Å². The minimum absolute atomic E-state index is 0.143. The molecule has 0 aliphatic carbocycles. The molecule has 1 aromatic heterocycles. The Morgan fingerprint density at radius 1 is 1.30 bits per heavy atom. The van der Waals surface area contributed by atoms with E-state index in [4.69, 9.17) is 4.74 Å². The minimum Gasteiger partial charge on any atom is -0.379 e. The number of amides is 1. The maximum Gasteiger partial charge on any atom is 0.267 e. The van der Waals surface area contributed by atoms with Crippen molar-refractivity contribution in [3.63, 3.8) is 0 Å². The topological polar surface area (TPSA) is 76.5 Å². The van der Waals surface area contributed by atoms with E-state index in [9.17, 15) is 9.59 Å². The van der Waals surface area contributed by atoms with Gasteiger partial charge in [0.15, 0.2) is 5.16 Å². The number of hydrogen-bond donors (Lipinski definition) is 1. The van der Waals surface area contributed by atoms with Gasteiger partial charge < -0.3 is 10.1 Å². The number of morpholine rings is 1. The Balaban J connectivity index is 1.42. The second kappa shape index (κ2) is 7.94. The van der Waals surface area contributed by atoms with E-state index in [1.807, 2.05) is 0 Å². The summed E-state index contributed by atoms with van der Waals surface area (Å²) in [5.41, 5.74) is -0.0877. The molecule has 0 radical (unpaired) electrons. The first-order chi connectivity index (χ1) is 11.3. The average molecular weight is 338 g/mol. The number of ether oxygens (including phenoxy) is 1. The number of hydrogen-bond acceptors (Lipinski definition) is 6. The van der Waals surface area contributed by atoms with Crippen LogP contribution in [0.15, 0.2) is 16.1 Å². The van der Waals surface area contributed by atoms with Gasteiger partial charge in [0.05, 0.1) is 13.2 Å². The van der Waals surface area contributed by atoms with Gasteiger partial charge in [-0.15, -0.1) is 0 Å². The molecule has 1 saturated heterocycles. The zero-order valence-corrected chi connectivity index (χ0v) is 13.9. The van der Waals surface area contributed by atoms with E-state index in [1.165, 1.54) is 6.20 Å². The molecule has 2 aliphatic rings. The van der Waals surface area contributed by atoms with Crippen LogP contribution < -0.4 is 10.9 Å². The normalized spacial score (nSPS) is 17.9.